The fraction of sp³-hybridized carbons (Fsp3) is 0.500. The summed E-state index contributed by atoms with van der Waals surface area (Å²) in [6, 6.07) is 0. The average molecular weight is 291 g/mol. The molecule has 0 aromatic rings. The van der Waals surface area contributed by atoms with E-state index in [1.165, 1.54) is 0 Å². The van der Waals surface area contributed by atoms with Gasteiger partial charge >= 0.3 is 0 Å². The van der Waals surface area contributed by atoms with Crippen LogP contribution in [0.1, 0.15) is 40.0 Å². The van der Waals surface area contributed by atoms with Crippen LogP contribution in [0.25, 0.3) is 0 Å². The molecule has 118 valence electrons. The Bertz CT molecular complexity index is 379. The Kier molecular flexibility index (Phi) is 12.4. The highest BCUT2D eigenvalue weighted by Gasteiger charge is 1.95. The van der Waals surface area contributed by atoms with Gasteiger partial charge in [0.25, 0.3) is 0 Å². The number of amides is 1. The number of nitrogens with one attached hydrogen (secondary N) is 1. The first-order chi connectivity index (χ1) is 10.1. The number of rotatable bonds is 10. The van der Waals surface area contributed by atoms with E-state index >= 15 is 0 Å². The quantitative estimate of drug-likeness (QED) is 0.367. The van der Waals surface area contributed by atoms with E-state index in [1.54, 1.807) is 18.2 Å². The van der Waals surface area contributed by atoms with Gasteiger partial charge in [0.1, 0.15) is 0 Å². The van der Waals surface area contributed by atoms with E-state index in [1.807, 2.05) is 31.2 Å². The summed E-state index contributed by atoms with van der Waals surface area (Å²) < 4.78 is 0. The highest BCUT2D eigenvalue weighted by Crippen LogP contribution is 1.96. The molecule has 0 saturated carbocycles. The van der Waals surface area contributed by atoms with Crippen molar-refractivity contribution in [1.82, 2.24) is 5.32 Å². The average Bonchev–Trinajstić information content (AvgIpc) is 2.46. The molecular formula is C18H29NO2. The van der Waals surface area contributed by atoms with E-state index < -0.39 is 0 Å². The van der Waals surface area contributed by atoms with Gasteiger partial charge in [-0.25, -0.2) is 0 Å². The van der Waals surface area contributed by atoms with Crippen LogP contribution in [0.3, 0.4) is 0 Å². The number of aliphatic hydroxyl groups is 1. The van der Waals surface area contributed by atoms with Crippen LogP contribution >= 0.6 is 0 Å². The maximum Gasteiger partial charge on any atom is 0.243 e. The minimum absolute atomic E-state index is 0.0483. The molecule has 0 aromatic heterocycles. The van der Waals surface area contributed by atoms with Crippen molar-refractivity contribution in [3.63, 3.8) is 0 Å². The molecule has 0 saturated heterocycles. The summed E-state index contributed by atoms with van der Waals surface area (Å²) in [5.74, 6) is 0.421. The lowest BCUT2D eigenvalue weighted by atomic mass is 10.2. The molecule has 1 amide bonds. The Hall–Kier alpha value is -1.61. The van der Waals surface area contributed by atoms with Gasteiger partial charge in [-0.15, -0.1) is 0 Å². The first-order valence-electron chi connectivity index (χ1n) is 7.68. The van der Waals surface area contributed by atoms with Crippen molar-refractivity contribution in [2.75, 3.05) is 6.54 Å². The molecule has 0 spiro atoms. The number of aliphatic hydroxyl groups excluding tert-OH is 1. The first-order valence-corrected chi connectivity index (χ1v) is 7.68. The summed E-state index contributed by atoms with van der Waals surface area (Å²) in [5, 5.41) is 12.1. The van der Waals surface area contributed by atoms with Crippen molar-refractivity contribution in [2.24, 2.45) is 5.92 Å². The van der Waals surface area contributed by atoms with Crippen LogP contribution in [0.5, 0.6) is 0 Å². The zero-order valence-electron chi connectivity index (χ0n) is 13.5. The minimum Gasteiger partial charge on any atom is -0.389 e. The summed E-state index contributed by atoms with van der Waals surface area (Å²) in [7, 11) is 0. The molecule has 0 fully saturated rings. The molecule has 2 N–H and O–H groups in total. The Morgan fingerprint density at radius 1 is 1.10 bits per heavy atom. The summed E-state index contributed by atoms with van der Waals surface area (Å²) in [4.78, 5) is 11.4. The predicted octanol–water partition coefficient (Wildman–Crippen LogP) is 3.53. The highest BCUT2D eigenvalue weighted by molar-refractivity contribution is 5.87. The molecule has 0 unspecified atom stereocenters. The zero-order valence-corrected chi connectivity index (χ0v) is 13.5. The van der Waals surface area contributed by atoms with Crippen LogP contribution in [-0.2, 0) is 4.79 Å². The number of hydrogen-bond acceptors (Lipinski definition) is 2. The minimum atomic E-state index is -0.346. The molecule has 0 aliphatic carbocycles. The summed E-state index contributed by atoms with van der Waals surface area (Å²) in [6.45, 7) is 6.78. The second kappa shape index (κ2) is 13.4. The van der Waals surface area contributed by atoms with Crippen LogP contribution in [0.4, 0.5) is 0 Å². The summed E-state index contributed by atoms with van der Waals surface area (Å²) in [5.41, 5.74) is 0. The Morgan fingerprint density at radius 2 is 1.71 bits per heavy atom. The predicted molar refractivity (Wildman–Crippen MR) is 89.9 cm³/mol. The number of hydrogen-bond donors (Lipinski definition) is 2. The smallest absolute Gasteiger partial charge is 0.243 e. The Labute approximate surface area is 129 Å². The van der Waals surface area contributed by atoms with Gasteiger partial charge in [-0.3, -0.25) is 4.79 Å². The number of allylic oxidation sites excluding steroid dienone is 6. The van der Waals surface area contributed by atoms with Gasteiger partial charge in [-0.2, -0.15) is 0 Å². The van der Waals surface area contributed by atoms with E-state index in [0.29, 0.717) is 12.5 Å². The SMILES string of the molecule is CC[C@@H](O)/C=C/C=C\CC/C=C/C=C/C(=O)NCC(C)C. The third kappa shape index (κ3) is 14.6. The van der Waals surface area contributed by atoms with Crippen LogP contribution in [-0.4, -0.2) is 23.7 Å². The largest absolute Gasteiger partial charge is 0.389 e. The van der Waals surface area contributed by atoms with Crippen molar-refractivity contribution in [3.05, 3.63) is 48.6 Å². The molecule has 0 aliphatic heterocycles. The van der Waals surface area contributed by atoms with Gasteiger partial charge in [0.15, 0.2) is 0 Å². The normalized spacial score (nSPS) is 14.1. The van der Waals surface area contributed by atoms with E-state index in [4.69, 9.17) is 0 Å². The van der Waals surface area contributed by atoms with Crippen molar-refractivity contribution >= 4 is 5.91 Å². The maximum atomic E-state index is 11.4. The number of unbranched alkanes of at least 4 members (excludes halogenated alkanes) is 1. The third-order valence-electron chi connectivity index (χ3n) is 2.68. The van der Waals surface area contributed by atoms with Crippen LogP contribution < -0.4 is 5.32 Å². The maximum absolute atomic E-state index is 11.4. The van der Waals surface area contributed by atoms with Crippen molar-refractivity contribution < 1.29 is 9.90 Å². The topological polar surface area (TPSA) is 49.3 Å². The second-order valence-electron chi connectivity index (χ2n) is 5.29. The van der Waals surface area contributed by atoms with E-state index in [9.17, 15) is 9.90 Å². The molecule has 0 rings (SSSR count). The molecule has 0 radical (unpaired) electrons. The van der Waals surface area contributed by atoms with Gasteiger partial charge in [0.05, 0.1) is 6.10 Å². The van der Waals surface area contributed by atoms with Gasteiger partial charge in [-0.1, -0.05) is 63.3 Å². The van der Waals surface area contributed by atoms with E-state index in [0.717, 1.165) is 19.3 Å². The third-order valence-corrected chi connectivity index (χ3v) is 2.68. The van der Waals surface area contributed by atoms with E-state index in [2.05, 4.69) is 25.2 Å². The standard InChI is InChI=1S/C18H29NO2/c1-4-17(20)13-11-9-7-5-6-8-10-12-14-18(21)19-15-16(2)3/h7-14,16-17,20H,4-6,15H2,1-3H3,(H,19,21)/b9-7-,10-8+,13-11+,14-12+/t17-/m1/s1. The highest BCUT2D eigenvalue weighted by atomic mass is 16.3. The monoisotopic (exact) mass is 291 g/mol. The molecule has 0 aliphatic rings. The molecule has 3 heteroatoms. The van der Waals surface area contributed by atoms with Gasteiger partial charge in [0, 0.05) is 12.6 Å². The fourth-order valence-electron chi connectivity index (χ4n) is 1.38. The van der Waals surface area contributed by atoms with Crippen molar-refractivity contribution in [1.29, 1.82) is 0 Å². The molecule has 21 heavy (non-hydrogen) atoms. The Balaban J connectivity index is 3.71. The molecule has 0 aromatic carbocycles. The number of carbonyl (C=O) groups excluding carboxylic acids is 1. The lowest BCUT2D eigenvalue weighted by Crippen LogP contribution is -2.25. The van der Waals surface area contributed by atoms with E-state index in [-0.39, 0.29) is 12.0 Å². The van der Waals surface area contributed by atoms with Crippen molar-refractivity contribution in [3.8, 4) is 0 Å². The van der Waals surface area contributed by atoms with Gasteiger partial charge < -0.3 is 10.4 Å². The van der Waals surface area contributed by atoms with Crippen LogP contribution in [0.15, 0.2) is 48.6 Å². The molecular weight excluding hydrogens is 262 g/mol. The molecule has 0 bridgehead atoms. The van der Waals surface area contributed by atoms with Crippen LogP contribution in [0.2, 0.25) is 0 Å². The van der Waals surface area contributed by atoms with Gasteiger partial charge in [0.2, 0.25) is 5.91 Å². The fourth-order valence-corrected chi connectivity index (χ4v) is 1.38. The molecule has 1 atom stereocenters. The van der Waals surface area contributed by atoms with Gasteiger partial charge in [-0.05, 0) is 25.2 Å². The lowest BCUT2D eigenvalue weighted by Gasteiger charge is -2.03. The van der Waals surface area contributed by atoms with Crippen molar-refractivity contribution in [2.45, 2.75) is 46.1 Å². The summed E-state index contributed by atoms with van der Waals surface area (Å²) >= 11 is 0. The molecule has 3 nitrogen and oxygen atoms in total. The summed E-state index contributed by atoms with van der Waals surface area (Å²) in [6.07, 6.45) is 17.1. The number of carbonyl (C=O) groups is 1. The first kappa shape index (κ1) is 19.4. The molecule has 0 heterocycles. The second-order valence-corrected chi connectivity index (χ2v) is 5.29. The Morgan fingerprint density at radius 3 is 2.29 bits per heavy atom. The van der Waals surface area contributed by atoms with Crippen LogP contribution in [0, 0.1) is 5.92 Å². The lowest BCUT2D eigenvalue weighted by molar-refractivity contribution is -0.116. The zero-order chi connectivity index (χ0) is 15.9.